The lowest BCUT2D eigenvalue weighted by atomic mass is 9.89. The van der Waals surface area contributed by atoms with Crippen molar-refractivity contribution in [3.63, 3.8) is 0 Å². The fraction of sp³-hybridized carbons (Fsp3) is 0.667. The van der Waals surface area contributed by atoms with Crippen LogP contribution in [0.5, 0.6) is 0 Å². The molecule has 5 heteroatoms. The Bertz CT molecular complexity index is 348. The lowest BCUT2D eigenvalue weighted by Gasteiger charge is -2.37. The van der Waals surface area contributed by atoms with Gasteiger partial charge in [-0.25, -0.2) is 4.79 Å². The molecule has 1 spiro atoms. The third-order valence-corrected chi connectivity index (χ3v) is 3.62. The molecule has 1 heterocycles. The Morgan fingerprint density at radius 1 is 1.53 bits per heavy atom. The number of carboxylic acids is 1. The molecule has 2 rings (SSSR count). The molecule has 5 nitrogen and oxygen atoms in total. The summed E-state index contributed by atoms with van der Waals surface area (Å²) in [5.41, 5.74) is -0.237. The van der Waals surface area contributed by atoms with E-state index in [1.807, 2.05) is 0 Å². The monoisotopic (exact) mass is 239 g/mol. The predicted molar refractivity (Wildman–Crippen MR) is 60.6 cm³/mol. The van der Waals surface area contributed by atoms with E-state index in [0.29, 0.717) is 19.4 Å². The van der Waals surface area contributed by atoms with Crippen LogP contribution in [0, 0.1) is 5.92 Å². The van der Waals surface area contributed by atoms with Gasteiger partial charge in [-0.05, 0) is 25.7 Å². The van der Waals surface area contributed by atoms with Crippen LogP contribution < -0.4 is 0 Å². The quantitative estimate of drug-likeness (QED) is 0.760. The van der Waals surface area contributed by atoms with E-state index in [1.54, 1.807) is 4.90 Å². The van der Waals surface area contributed by atoms with Gasteiger partial charge in [0.05, 0.1) is 5.92 Å². The highest BCUT2D eigenvalue weighted by atomic mass is 16.6. The van der Waals surface area contributed by atoms with E-state index in [4.69, 9.17) is 9.84 Å². The van der Waals surface area contributed by atoms with Gasteiger partial charge in [0.15, 0.2) is 0 Å². The Hall–Kier alpha value is -1.52. The van der Waals surface area contributed by atoms with Gasteiger partial charge in [0.1, 0.15) is 6.61 Å². The normalized spacial score (nSPS) is 25.4. The molecule has 1 atom stereocenters. The van der Waals surface area contributed by atoms with Gasteiger partial charge in [-0.3, -0.25) is 4.79 Å². The number of nitrogens with zero attached hydrogens (tertiary/aromatic N) is 1. The number of carboxylic acid groups (broad SMARTS) is 1. The highest BCUT2D eigenvalue weighted by Crippen LogP contribution is 2.50. The van der Waals surface area contributed by atoms with E-state index in [-0.39, 0.29) is 24.2 Å². The summed E-state index contributed by atoms with van der Waals surface area (Å²) < 4.78 is 5.02. The summed E-state index contributed by atoms with van der Waals surface area (Å²) in [6.45, 7) is 4.17. The summed E-state index contributed by atoms with van der Waals surface area (Å²) in [5, 5.41) is 9.02. The number of carbonyl (C=O) groups excluding carboxylic acids is 1. The van der Waals surface area contributed by atoms with Crippen molar-refractivity contribution in [2.24, 2.45) is 5.92 Å². The molecule has 1 amide bonds. The molecule has 1 aliphatic carbocycles. The van der Waals surface area contributed by atoms with Gasteiger partial charge >= 0.3 is 12.1 Å². The summed E-state index contributed by atoms with van der Waals surface area (Å²) in [7, 11) is 0. The molecule has 0 radical (unpaired) electrons. The van der Waals surface area contributed by atoms with Crippen LogP contribution in [0.3, 0.4) is 0 Å². The Kier molecular flexibility index (Phi) is 3.09. The zero-order valence-electron chi connectivity index (χ0n) is 9.72. The van der Waals surface area contributed by atoms with Crippen LogP contribution in [0.2, 0.25) is 0 Å². The zero-order valence-corrected chi connectivity index (χ0v) is 9.72. The number of hydrogen-bond donors (Lipinski definition) is 1. The Morgan fingerprint density at radius 3 is 2.76 bits per heavy atom. The van der Waals surface area contributed by atoms with Gasteiger partial charge in [0.25, 0.3) is 0 Å². The number of ether oxygens (including phenoxy) is 1. The standard InChI is InChI=1S/C12H17NO4/c1-2-7-17-11(16)13-6-3-9(10(14)15)8-12(13)4-5-12/h2,9H,1,3-8H2,(H,14,15). The topological polar surface area (TPSA) is 66.8 Å². The number of rotatable bonds is 3. The van der Waals surface area contributed by atoms with Crippen molar-refractivity contribution < 1.29 is 19.4 Å². The Labute approximate surface area is 100 Å². The zero-order chi connectivity index (χ0) is 12.5. The molecule has 0 aromatic heterocycles. The van der Waals surface area contributed by atoms with Gasteiger partial charge in [-0.1, -0.05) is 12.7 Å². The number of piperidine rings is 1. The molecule has 1 unspecified atom stereocenters. The van der Waals surface area contributed by atoms with E-state index >= 15 is 0 Å². The summed E-state index contributed by atoms with van der Waals surface area (Å²) in [6, 6.07) is 0. The summed E-state index contributed by atoms with van der Waals surface area (Å²) in [4.78, 5) is 24.5. The number of amides is 1. The maximum Gasteiger partial charge on any atom is 0.410 e. The first-order valence-electron chi connectivity index (χ1n) is 5.87. The first kappa shape index (κ1) is 12.0. The van der Waals surface area contributed by atoms with Crippen molar-refractivity contribution in [3.05, 3.63) is 12.7 Å². The predicted octanol–water partition coefficient (Wildman–Crippen LogP) is 1.64. The van der Waals surface area contributed by atoms with Crippen molar-refractivity contribution >= 4 is 12.1 Å². The molecule has 0 aromatic rings. The smallest absolute Gasteiger partial charge is 0.410 e. The summed E-state index contributed by atoms with van der Waals surface area (Å²) in [5.74, 6) is -1.07. The molecular weight excluding hydrogens is 222 g/mol. The third kappa shape index (κ3) is 2.28. The molecule has 1 saturated heterocycles. The second kappa shape index (κ2) is 4.39. The van der Waals surface area contributed by atoms with Crippen molar-refractivity contribution in [1.29, 1.82) is 0 Å². The molecule has 94 valence electrons. The van der Waals surface area contributed by atoms with E-state index in [2.05, 4.69) is 6.58 Å². The summed E-state index contributed by atoms with van der Waals surface area (Å²) in [6.07, 6.45) is 4.04. The SMILES string of the molecule is C=CCOC(=O)N1CCC(C(=O)O)CC12CC2. The largest absolute Gasteiger partial charge is 0.481 e. The van der Waals surface area contributed by atoms with Gasteiger partial charge in [0.2, 0.25) is 0 Å². The van der Waals surface area contributed by atoms with E-state index in [9.17, 15) is 9.59 Å². The average Bonchev–Trinajstić information content (AvgIpc) is 3.05. The molecule has 0 aromatic carbocycles. The molecule has 2 fully saturated rings. The maximum absolute atomic E-state index is 11.8. The minimum Gasteiger partial charge on any atom is -0.481 e. The van der Waals surface area contributed by atoms with Crippen LogP contribution in [0.1, 0.15) is 25.7 Å². The second-order valence-electron chi connectivity index (χ2n) is 4.77. The van der Waals surface area contributed by atoms with Gasteiger partial charge in [-0.2, -0.15) is 0 Å². The number of aliphatic carboxylic acids is 1. The second-order valence-corrected chi connectivity index (χ2v) is 4.77. The first-order chi connectivity index (χ1) is 8.09. The van der Waals surface area contributed by atoms with Crippen molar-refractivity contribution in [2.75, 3.05) is 13.2 Å². The van der Waals surface area contributed by atoms with Crippen molar-refractivity contribution in [1.82, 2.24) is 4.90 Å². The molecule has 1 aliphatic heterocycles. The minimum absolute atomic E-state index is 0.202. The third-order valence-electron chi connectivity index (χ3n) is 3.62. The van der Waals surface area contributed by atoms with Crippen LogP contribution in [0.15, 0.2) is 12.7 Å². The maximum atomic E-state index is 11.8. The molecule has 17 heavy (non-hydrogen) atoms. The van der Waals surface area contributed by atoms with Crippen molar-refractivity contribution in [3.8, 4) is 0 Å². The Balaban J connectivity index is 1.99. The molecule has 1 N–H and O–H groups in total. The number of likely N-dealkylation sites (tertiary alicyclic amines) is 1. The van der Waals surface area contributed by atoms with Crippen LogP contribution in [-0.2, 0) is 9.53 Å². The molecule has 2 aliphatic rings. The van der Waals surface area contributed by atoms with E-state index in [0.717, 1.165) is 12.8 Å². The minimum atomic E-state index is -0.754. The highest BCUT2D eigenvalue weighted by molar-refractivity contribution is 5.73. The van der Waals surface area contributed by atoms with Crippen molar-refractivity contribution in [2.45, 2.75) is 31.2 Å². The molecule has 1 saturated carbocycles. The fourth-order valence-electron chi connectivity index (χ4n) is 2.52. The van der Waals surface area contributed by atoms with Gasteiger partial charge in [0, 0.05) is 12.1 Å². The van der Waals surface area contributed by atoms with Gasteiger partial charge < -0.3 is 14.7 Å². The fourth-order valence-corrected chi connectivity index (χ4v) is 2.52. The first-order valence-corrected chi connectivity index (χ1v) is 5.87. The summed E-state index contributed by atoms with van der Waals surface area (Å²) >= 11 is 0. The van der Waals surface area contributed by atoms with E-state index in [1.165, 1.54) is 6.08 Å². The molecular formula is C12H17NO4. The molecule has 0 bridgehead atoms. The highest BCUT2D eigenvalue weighted by Gasteiger charge is 2.55. The van der Waals surface area contributed by atoms with Gasteiger partial charge in [-0.15, -0.1) is 0 Å². The number of carbonyl (C=O) groups is 2. The lowest BCUT2D eigenvalue weighted by molar-refractivity contribution is -0.144. The van der Waals surface area contributed by atoms with Crippen LogP contribution >= 0.6 is 0 Å². The Morgan fingerprint density at radius 2 is 2.24 bits per heavy atom. The van der Waals surface area contributed by atoms with Crippen LogP contribution in [0.4, 0.5) is 4.79 Å². The lowest BCUT2D eigenvalue weighted by Crippen LogP contribution is -2.49. The van der Waals surface area contributed by atoms with Crippen LogP contribution in [-0.4, -0.2) is 40.8 Å². The number of hydrogen-bond acceptors (Lipinski definition) is 3. The van der Waals surface area contributed by atoms with Crippen LogP contribution in [0.25, 0.3) is 0 Å². The average molecular weight is 239 g/mol. The van der Waals surface area contributed by atoms with E-state index < -0.39 is 5.97 Å².